The molecule has 1 aromatic heterocycles. The fourth-order valence-corrected chi connectivity index (χ4v) is 4.57. The lowest BCUT2D eigenvalue weighted by Crippen LogP contribution is -2.45. The molecule has 3 aromatic rings. The van der Waals surface area contributed by atoms with E-state index in [0.29, 0.717) is 26.7 Å². The van der Waals surface area contributed by atoms with Crippen LogP contribution < -0.4 is 9.62 Å². The van der Waals surface area contributed by atoms with E-state index < -0.39 is 28.6 Å². The summed E-state index contributed by atoms with van der Waals surface area (Å²) in [5.74, 6) is 0. The van der Waals surface area contributed by atoms with E-state index in [4.69, 9.17) is 11.6 Å². The van der Waals surface area contributed by atoms with Crippen molar-refractivity contribution in [2.24, 2.45) is 0 Å². The molecule has 1 heterocycles. The molecular weight excluding hydrogens is 428 g/mol. The summed E-state index contributed by atoms with van der Waals surface area (Å²) in [6.45, 7) is 3.62. The Labute approximate surface area is 181 Å². The summed E-state index contributed by atoms with van der Waals surface area (Å²) in [6, 6.07) is 11.3. The van der Waals surface area contributed by atoms with E-state index in [1.807, 2.05) is 19.1 Å². The van der Waals surface area contributed by atoms with Gasteiger partial charge in [0.15, 0.2) is 0 Å². The third-order valence-electron chi connectivity index (χ3n) is 5.34. The first-order valence-corrected chi connectivity index (χ1v) is 10.9. The number of thiol groups is 1. The number of rotatable bonds is 6. The maximum atomic E-state index is 12.2. The molecule has 0 saturated heterocycles. The van der Waals surface area contributed by atoms with E-state index in [1.165, 1.54) is 19.3 Å². The number of urea groups is 1. The predicted molar refractivity (Wildman–Crippen MR) is 117 cm³/mol. The van der Waals surface area contributed by atoms with Gasteiger partial charge in [0.25, 0.3) is 0 Å². The minimum atomic E-state index is -3.22. The molecule has 0 aliphatic heterocycles. The first kappa shape index (κ1) is 22.1. The third kappa shape index (κ3) is 3.53. The molecule has 0 aliphatic rings. The third-order valence-corrected chi connectivity index (χ3v) is 6.32. The summed E-state index contributed by atoms with van der Waals surface area (Å²) >= 11 is 6.05. The molecule has 2 unspecified atom stereocenters. The van der Waals surface area contributed by atoms with Crippen LogP contribution in [-0.2, 0) is 16.4 Å². The number of benzene rings is 2. The lowest BCUT2D eigenvalue weighted by atomic mass is 9.82. The Balaban J connectivity index is 2.30. The Hall–Kier alpha value is -2.62. The van der Waals surface area contributed by atoms with Crippen molar-refractivity contribution in [2.45, 2.75) is 31.9 Å². The molecule has 3 rings (SSSR count). The number of aliphatic hydroxyl groups excluding tert-OH is 1. The molecule has 2 N–H and O–H groups in total. The molecule has 2 amide bonds. The van der Waals surface area contributed by atoms with Crippen molar-refractivity contribution in [2.75, 3.05) is 11.4 Å². The van der Waals surface area contributed by atoms with Crippen LogP contribution in [0.2, 0.25) is 5.02 Å². The van der Waals surface area contributed by atoms with Crippen molar-refractivity contribution in [1.29, 1.82) is 0 Å². The number of carbonyl (C=O) groups excluding carboxylic acids is 1. The second kappa shape index (κ2) is 8.63. The van der Waals surface area contributed by atoms with E-state index in [1.54, 1.807) is 35.9 Å². The first-order chi connectivity index (χ1) is 14.3. The average molecular weight is 451 g/mol. The van der Waals surface area contributed by atoms with Gasteiger partial charge in [-0.25, -0.2) is 13.2 Å². The van der Waals surface area contributed by atoms with Crippen molar-refractivity contribution >= 4 is 45.1 Å². The summed E-state index contributed by atoms with van der Waals surface area (Å²) < 4.78 is 25.9. The second-order valence-corrected chi connectivity index (χ2v) is 8.14. The van der Waals surface area contributed by atoms with Gasteiger partial charge in [-0.1, -0.05) is 36.7 Å². The number of fused-ring (bicyclic) bond motifs is 1. The minimum absolute atomic E-state index is 0.181. The van der Waals surface area contributed by atoms with Gasteiger partial charge in [-0.3, -0.25) is 4.68 Å². The van der Waals surface area contributed by atoms with Gasteiger partial charge in [0.1, 0.15) is 5.54 Å². The van der Waals surface area contributed by atoms with Gasteiger partial charge in [0, 0.05) is 17.5 Å². The van der Waals surface area contributed by atoms with Gasteiger partial charge < -0.3 is 10.4 Å². The van der Waals surface area contributed by atoms with Gasteiger partial charge in [-0.15, -0.1) is 0 Å². The number of halogens is 1. The number of nitrogens with one attached hydrogen (secondary N) is 1. The van der Waals surface area contributed by atoms with Crippen molar-refractivity contribution in [3.8, 4) is 0 Å². The molecule has 0 radical (unpaired) electrons. The first-order valence-electron chi connectivity index (χ1n) is 9.35. The summed E-state index contributed by atoms with van der Waals surface area (Å²) in [7, 11) is -1.87. The van der Waals surface area contributed by atoms with Crippen LogP contribution in [0.5, 0.6) is 0 Å². The number of anilines is 1. The highest BCUT2D eigenvalue weighted by molar-refractivity contribution is 7.75. The Kier molecular flexibility index (Phi) is 6.35. The lowest BCUT2D eigenvalue weighted by molar-refractivity contribution is 0.0669. The standard InChI is InChI=1S/C20H23ClN4O4S/c1-4-20(13(2)26,14-8-10-15(21)11-9-14)25-18-7-5-6-17(16(18)12-23-25)24(30(28)29)19(27)22-3/h5-13,26,30H,4H2,1-3H3,(H,22,27). The number of amides is 2. The van der Waals surface area contributed by atoms with Gasteiger partial charge in [-0.2, -0.15) is 9.40 Å². The molecule has 10 heteroatoms. The number of carbonyl (C=O) groups is 1. The van der Waals surface area contributed by atoms with Gasteiger partial charge in [0.2, 0.25) is 10.9 Å². The molecular formula is C20H23ClN4O4S. The Morgan fingerprint density at radius 2 is 1.97 bits per heavy atom. The fourth-order valence-electron chi connectivity index (χ4n) is 3.84. The normalized spacial score (nSPS) is 14.5. The van der Waals surface area contributed by atoms with Gasteiger partial charge in [0.05, 0.1) is 23.5 Å². The van der Waals surface area contributed by atoms with Crippen LogP contribution in [0, 0.1) is 0 Å². The summed E-state index contributed by atoms with van der Waals surface area (Å²) in [5.41, 5.74) is 0.636. The topological polar surface area (TPSA) is 105 Å². The van der Waals surface area contributed by atoms with E-state index in [-0.39, 0.29) is 5.69 Å². The van der Waals surface area contributed by atoms with Crippen LogP contribution in [0.4, 0.5) is 10.5 Å². The van der Waals surface area contributed by atoms with E-state index >= 15 is 0 Å². The van der Waals surface area contributed by atoms with Crippen molar-refractivity contribution in [3.05, 3.63) is 59.2 Å². The minimum Gasteiger partial charge on any atom is -0.391 e. The van der Waals surface area contributed by atoms with Crippen LogP contribution in [0.1, 0.15) is 25.8 Å². The molecule has 160 valence electrons. The van der Waals surface area contributed by atoms with E-state index in [2.05, 4.69) is 10.4 Å². The number of nitrogens with zero attached hydrogens (tertiary/aromatic N) is 3. The number of hydrogen-bond donors (Lipinski definition) is 3. The maximum absolute atomic E-state index is 12.2. The zero-order chi connectivity index (χ0) is 22.1. The van der Waals surface area contributed by atoms with Crippen LogP contribution in [-0.4, -0.2) is 42.5 Å². The second-order valence-electron chi connectivity index (χ2n) is 6.83. The van der Waals surface area contributed by atoms with Crippen LogP contribution in [0.3, 0.4) is 0 Å². The maximum Gasteiger partial charge on any atom is 0.335 e. The SMILES string of the molecule is CCC(c1ccc(Cl)cc1)(C(C)O)n1ncc2c(N(C(=O)NC)[SH](=O)=O)cccc21. The molecule has 0 saturated carbocycles. The monoisotopic (exact) mass is 450 g/mol. The van der Waals surface area contributed by atoms with Gasteiger partial charge >= 0.3 is 6.03 Å². The highest BCUT2D eigenvalue weighted by Gasteiger charge is 2.40. The fraction of sp³-hybridized carbons (Fsp3) is 0.300. The Morgan fingerprint density at radius 3 is 2.50 bits per heavy atom. The van der Waals surface area contributed by atoms with Crippen LogP contribution in [0.25, 0.3) is 10.9 Å². The quantitative estimate of drug-likeness (QED) is 0.501. The van der Waals surface area contributed by atoms with Gasteiger partial charge in [-0.05, 0) is 43.2 Å². The molecule has 0 fully saturated rings. The summed E-state index contributed by atoms with van der Waals surface area (Å²) in [4.78, 5) is 12.2. The molecule has 2 aromatic carbocycles. The lowest BCUT2D eigenvalue weighted by Gasteiger charge is -2.37. The average Bonchev–Trinajstić information content (AvgIpc) is 3.15. The Bertz CT molecular complexity index is 1140. The molecule has 2 atom stereocenters. The van der Waals surface area contributed by atoms with E-state index in [9.17, 15) is 18.3 Å². The number of aromatic nitrogens is 2. The highest BCUT2D eigenvalue weighted by atomic mass is 35.5. The number of aliphatic hydroxyl groups is 1. The molecule has 0 aliphatic carbocycles. The van der Waals surface area contributed by atoms with Crippen molar-refractivity contribution in [3.63, 3.8) is 0 Å². The summed E-state index contributed by atoms with van der Waals surface area (Å²) in [6.07, 6.45) is 1.17. The molecule has 0 bridgehead atoms. The molecule has 0 spiro atoms. The molecule has 30 heavy (non-hydrogen) atoms. The molecule has 8 nitrogen and oxygen atoms in total. The summed E-state index contributed by atoms with van der Waals surface area (Å²) in [5, 5.41) is 18.7. The van der Waals surface area contributed by atoms with Crippen molar-refractivity contribution < 1.29 is 18.3 Å². The Morgan fingerprint density at radius 1 is 1.30 bits per heavy atom. The largest absolute Gasteiger partial charge is 0.391 e. The smallest absolute Gasteiger partial charge is 0.335 e. The highest BCUT2D eigenvalue weighted by Crippen LogP contribution is 2.38. The van der Waals surface area contributed by atoms with Crippen LogP contribution in [0.15, 0.2) is 48.7 Å². The van der Waals surface area contributed by atoms with E-state index in [0.717, 1.165) is 5.56 Å². The van der Waals surface area contributed by atoms with Crippen molar-refractivity contribution in [1.82, 2.24) is 15.1 Å². The number of hydrogen-bond acceptors (Lipinski definition) is 5. The van der Waals surface area contributed by atoms with Crippen LogP contribution >= 0.6 is 11.6 Å². The zero-order valence-corrected chi connectivity index (χ0v) is 18.4. The zero-order valence-electron chi connectivity index (χ0n) is 16.7. The predicted octanol–water partition coefficient (Wildman–Crippen LogP) is 2.90.